The van der Waals surface area contributed by atoms with Crippen LogP contribution in [0.2, 0.25) is 0 Å². The lowest BCUT2D eigenvalue weighted by molar-refractivity contribution is 0.415. The minimum absolute atomic E-state index is 0.0780. The van der Waals surface area contributed by atoms with E-state index in [-0.39, 0.29) is 12.1 Å². The van der Waals surface area contributed by atoms with Gasteiger partial charge in [-0.3, -0.25) is 4.98 Å². The molecule has 0 radical (unpaired) electrons. The molecule has 2 aromatic heterocycles. The number of pyridine rings is 1. The van der Waals surface area contributed by atoms with E-state index in [9.17, 15) is 0 Å². The maximum Gasteiger partial charge on any atom is 0.174 e. The first-order valence-corrected chi connectivity index (χ1v) is 12.8. The maximum absolute atomic E-state index is 5.93. The number of ether oxygens (including phenoxy) is 1. The quantitative estimate of drug-likeness (QED) is 0.266. The van der Waals surface area contributed by atoms with Crippen LogP contribution >= 0.6 is 12.2 Å². The van der Waals surface area contributed by atoms with Gasteiger partial charge in [-0.25, -0.2) is 0 Å². The molecule has 184 valence electrons. The van der Waals surface area contributed by atoms with Crippen LogP contribution in [0.5, 0.6) is 5.75 Å². The first kappa shape index (κ1) is 23.3. The molecule has 1 N–H and O–H groups in total. The zero-order chi connectivity index (χ0) is 25.5. The fourth-order valence-corrected chi connectivity index (χ4v) is 5.90. The smallest absolute Gasteiger partial charge is 0.174 e. The summed E-state index contributed by atoms with van der Waals surface area (Å²) in [5.74, 6) is 0.814. The molecule has 0 bridgehead atoms. The summed E-state index contributed by atoms with van der Waals surface area (Å²) in [5.41, 5.74) is 6.72. The number of hydrogen-bond acceptors (Lipinski definition) is 3. The van der Waals surface area contributed by atoms with Crippen LogP contribution in [-0.2, 0) is 0 Å². The molecule has 2 unspecified atom stereocenters. The number of aryl methyl sites for hydroxylation is 1. The standard InChI is InChI=1S/C31H28N4OS/c1-20-19-26(21(2)34(20)28-13-8-10-22-9-4-5-11-25(22)28)30-29(27-12-6-7-18-32-27)33-31(37)35(30)23-14-16-24(36-3)17-15-23/h4-19,29-30H,1-3H3,(H,33,37). The van der Waals surface area contributed by atoms with Crippen molar-refractivity contribution >= 4 is 33.8 Å². The van der Waals surface area contributed by atoms with Gasteiger partial charge in [0, 0.05) is 28.7 Å². The van der Waals surface area contributed by atoms with E-state index in [0.29, 0.717) is 5.11 Å². The van der Waals surface area contributed by atoms with Crippen LogP contribution in [-0.4, -0.2) is 21.8 Å². The molecular formula is C31H28N4OS. The second kappa shape index (κ2) is 9.37. The number of anilines is 1. The molecule has 0 amide bonds. The fraction of sp³-hybridized carbons (Fsp3) is 0.161. The average Bonchev–Trinajstić information content (AvgIpc) is 3.43. The predicted octanol–water partition coefficient (Wildman–Crippen LogP) is 6.83. The highest BCUT2D eigenvalue weighted by molar-refractivity contribution is 7.80. The minimum atomic E-state index is -0.0998. The number of nitrogens with zero attached hydrogens (tertiary/aromatic N) is 3. The van der Waals surface area contributed by atoms with E-state index in [2.05, 4.69) is 95.4 Å². The Morgan fingerprint density at radius 1 is 0.892 bits per heavy atom. The van der Waals surface area contributed by atoms with Gasteiger partial charge in [-0.15, -0.1) is 0 Å². The fourth-order valence-electron chi connectivity index (χ4n) is 5.55. The Morgan fingerprint density at radius 2 is 1.65 bits per heavy atom. The van der Waals surface area contributed by atoms with Crippen LogP contribution < -0.4 is 15.0 Å². The van der Waals surface area contributed by atoms with E-state index in [1.165, 1.54) is 33.4 Å². The predicted molar refractivity (Wildman–Crippen MR) is 154 cm³/mol. The number of methoxy groups -OCH3 is 1. The lowest BCUT2D eigenvalue weighted by Crippen LogP contribution is -2.29. The summed E-state index contributed by atoms with van der Waals surface area (Å²) >= 11 is 5.93. The van der Waals surface area contributed by atoms with E-state index < -0.39 is 0 Å². The van der Waals surface area contributed by atoms with Crippen molar-refractivity contribution in [1.82, 2.24) is 14.9 Å². The third kappa shape index (κ3) is 3.94. The Morgan fingerprint density at radius 3 is 2.41 bits per heavy atom. The minimum Gasteiger partial charge on any atom is -0.497 e. The average molecular weight is 505 g/mol. The SMILES string of the molecule is COc1ccc(N2C(=S)NC(c3ccccn3)C2c2cc(C)n(-c3cccc4ccccc34)c2C)cc1. The lowest BCUT2D eigenvalue weighted by atomic mass is 9.96. The summed E-state index contributed by atoms with van der Waals surface area (Å²) in [6.45, 7) is 4.37. The highest BCUT2D eigenvalue weighted by Gasteiger charge is 2.42. The van der Waals surface area contributed by atoms with Crippen molar-refractivity contribution < 1.29 is 4.74 Å². The van der Waals surface area contributed by atoms with Gasteiger partial charge in [0.05, 0.1) is 30.6 Å². The maximum atomic E-state index is 5.93. The Balaban J connectivity index is 1.53. The Labute approximate surface area is 222 Å². The van der Waals surface area contributed by atoms with Crippen LogP contribution in [0.25, 0.3) is 16.5 Å². The second-order valence-electron chi connectivity index (χ2n) is 9.35. The monoisotopic (exact) mass is 504 g/mol. The zero-order valence-corrected chi connectivity index (χ0v) is 21.9. The van der Waals surface area contributed by atoms with E-state index in [1.54, 1.807) is 7.11 Å². The summed E-state index contributed by atoms with van der Waals surface area (Å²) in [7, 11) is 1.68. The molecule has 5 nitrogen and oxygen atoms in total. The molecule has 37 heavy (non-hydrogen) atoms. The summed E-state index contributed by atoms with van der Waals surface area (Å²) < 4.78 is 7.76. The van der Waals surface area contributed by atoms with Crippen molar-refractivity contribution in [3.8, 4) is 11.4 Å². The molecular weight excluding hydrogens is 476 g/mol. The number of thiocarbonyl (C=S) groups is 1. The summed E-state index contributed by atoms with van der Waals surface area (Å²) in [6, 6.07) is 31.2. The zero-order valence-electron chi connectivity index (χ0n) is 21.1. The van der Waals surface area contributed by atoms with Gasteiger partial charge in [0.1, 0.15) is 5.75 Å². The van der Waals surface area contributed by atoms with Crippen LogP contribution in [0.15, 0.2) is 97.2 Å². The molecule has 0 aliphatic carbocycles. The first-order valence-electron chi connectivity index (χ1n) is 12.4. The van der Waals surface area contributed by atoms with Crippen molar-refractivity contribution in [3.63, 3.8) is 0 Å². The van der Waals surface area contributed by atoms with Crippen molar-refractivity contribution in [2.24, 2.45) is 0 Å². The van der Waals surface area contributed by atoms with Crippen molar-refractivity contribution in [2.45, 2.75) is 25.9 Å². The van der Waals surface area contributed by atoms with Crippen LogP contribution in [0.4, 0.5) is 5.69 Å². The molecule has 3 heterocycles. The Hall–Kier alpha value is -4.16. The van der Waals surface area contributed by atoms with Gasteiger partial charge in [0.15, 0.2) is 5.11 Å². The molecule has 3 aromatic carbocycles. The molecule has 1 aliphatic heterocycles. The molecule has 6 heteroatoms. The van der Waals surface area contributed by atoms with Gasteiger partial charge in [-0.1, -0.05) is 42.5 Å². The molecule has 2 atom stereocenters. The van der Waals surface area contributed by atoms with Gasteiger partial charge in [-0.05, 0) is 85.5 Å². The van der Waals surface area contributed by atoms with E-state index in [4.69, 9.17) is 21.9 Å². The summed E-state index contributed by atoms with van der Waals surface area (Å²) in [5, 5.41) is 6.71. The third-order valence-corrected chi connectivity index (χ3v) is 7.56. The van der Waals surface area contributed by atoms with Crippen LogP contribution in [0, 0.1) is 13.8 Å². The van der Waals surface area contributed by atoms with Gasteiger partial charge >= 0.3 is 0 Å². The van der Waals surface area contributed by atoms with Gasteiger partial charge < -0.3 is 19.5 Å². The van der Waals surface area contributed by atoms with E-state index >= 15 is 0 Å². The van der Waals surface area contributed by atoms with Gasteiger partial charge in [0.2, 0.25) is 0 Å². The number of rotatable bonds is 5. The molecule has 1 aliphatic rings. The number of aromatic nitrogens is 2. The largest absolute Gasteiger partial charge is 0.497 e. The number of nitrogens with one attached hydrogen (secondary N) is 1. The first-order chi connectivity index (χ1) is 18.1. The van der Waals surface area contributed by atoms with Gasteiger partial charge in [0.25, 0.3) is 0 Å². The van der Waals surface area contributed by atoms with Gasteiger partial charge in [-0.2, -0.15) is 0 Å². The second-order valence-corrected chi connectivity index (χ2v) is 9.74. The lowest BCUT2D eigenvalue weighted by Gasteiger charge is -2.28. The number of fused-ring (bicyclic) bond motifs is 1. The highest BCUT2D eigenvalue weighted by atomic mass is 32.1. The summed E-state index contributed by atoms with van der Waals surface area (Å²) in [4.78, 5) is 6.92. The molecule has 5 aromatic rings. The van der Waals surface area contributed by atoms with E-state index in [0.717, 1.165) is 17.1 Å². The Bertz CT molecular complexity index is 1590. The highest BCUT2D eigenvalue weighted by Crippen LogP contribution is 2.44. The molecule has 1 saturated heterocycles. The topological polar surface area (TPSA) is 42.3 Å². The molecule has 0 saturated carbocycles. The summed E-state index contributed by atoms with van der Waals surface area (Å²) in [6.07, 6.45) is 1.84. The van der Waals surface area contributed by atoms with Crippen molar-refractivity contribution in [1.29, 1.82) is 0 Å². The van der Waals surface area contributed by atoms with Crippen molar-refractivity contribution in [3.05, 3.63) is 120 Å². The van der Waals surface area contributed by atoms with Crippen LogP contribution in [0.3, 0.4) is 0 Å². The third-order valence-electron chi connectivity index (χ3n) is 7.25. The van der Waals surface area contributed by atoms with E-state index in [1.807, 2.05) is 30.5 Å². The Kier molecular flexibility index (Phi) is 5.89. The van der Waals surface area contributed by atoms with Crippen molar-refractivity contribution in [2.75, 3.05) is 12.0 Å². The number of hydrogen-bond donors (Lipinski definition) is 1. The van der Waals surface area contributed by atoms with Crippen LogP contribution in [0.1, 0.15) is 34.7 Å². The normalized spacial score (nSPS) is 17.3. The molecule has 6 rings (SSSR count). The molecule has 1 fully saturated rings. The number of benzene rings is 3. The molecule has 0 spiro atoms.